The number of morpholine rings is 1. The summed E-state index contributed by atoms with van der Waals surface area (Å²) in [5.74, 6) is -0.576. The van der Waals surface area contributed by atoms with Gasteiger partial charge in [0.05, 0.1) is 18.1 Å². The van der Waals surface area contributed by atoms with Gasteiger partial charge in [-0.15, -0.1) is 0 Å². The number of hydrogen-bond acceptors (Lipinski definition) is 4. The SMILES string of the molecule is CC(C)[C@@H]1N(C(=O)N2CCOCC2)CCN1S(=O)(=O)c1ccc(F)cc1. The van der Waals surface area contributed by atoms with Crippen molar-refractivity contribution in [1.29, 1.82) is 0 Å². The highest BCUT2D eigenvalue weighted by molar-refractivity contribution is 7.89. The Bertz CT molecular complexity index is 748. The molecule has 0 N–H and O–H groups in total. The molecule has 0 aliphatic carbocycles. The van der Waals surface area contributed by atoms with E-state index in [1.807, 2.05) is 13.8 Å². The third kappa shape index (κ3) is 3.56. The van der Waals surface area contributed by atoms with Gasteiger partial charge in [-0.3, -0.25) is 0 Å². The Morgan fingerprint density at radius 3 is 2.31 bits per heavy atom. The molecule has 3 rings (SSSR count). The molecule has 0 bridgehead atoms. The van der Waals surface area contributed by atoms with E-state index in [2.05, 4.69) is 0 Å². The second kappa shape index (κ2) is 7.50. The lowest BCUT2D eigenvalue weighted by Crippen LogP contribution is -2.53. The van der Waals surface area contributed by atoms with Crippen LogP contribution in [0.2, 0.25) is 0 Å². The first-order valence-corrected chi connectivity index (χ1v) is 10.2. The summed E-state index contributed by atoms with van der Waals surface area (Å²) in [6, 6.07) is 4.61. The van der Waals surface area contributed by atoms with Gasteiger partial charge in [0.1, 0.15) is 12.0 Å². The van der Waals surface area contributed by atoms with Crippen molar-refractivity contribution in [3.8, 4) is 0 Å². The zero-order valence-corrected chi connectivity index (χ0v) is 15.8. The van der Waals surface area contributed by atoms with Crippen LogP contribution in [0.15, 0.2) is 29.2 Å². The summed E-state index contributed by atoms with van der Waals surface area (Å²) in [6.07, 6.45) is -0.569. The number of amides is 2. The average molecular weight is 385 g/mol. The molecule has 7 nitrogen and oxygen atoms in total. The molecule has 0 aromatic heterocycles. The molecule has 26 heavy (non-hydrogen) atoms. The summed E-state index contributed by atoms with van der Waals surface area (Å²) in [5, 5.41) is 0. The molecular weight excluding hydrogens is 361 g/mol. The van der Waals surface area contributed by atoms with Crippen LogP contribution in [0, 0.1) is 11.7 Å². The minimum atomic E-state index is -3.82. The molecule has 2 heterocycles. The molecule has 0 radical (unpaired) electrons. The van der Waals surface area contributed by atoms with E-state index < -0.39 is 22.0 Å². The van der Waals surface area contributed by atoms with E-state index in [1.54, 1.807) is 9.80 Å². The van der Waals surface area contributed by atoms with Crippen LogP contribution in [-0.2, 0) is 14.8 Å². The van der Waals surface area contributed by atoms with Gasteiger partial charge in [-0.25, -0.2) is 17.6 Å². The molecule has 0 unspecified atom stereocenters. The fraction of sp³-hybridized carbons (Fsp3) is 0.588. The van der Waals surface area contributed by atoms with Crippen molar-refractivity contribution in [3.05, 3.63) is 30.1 Å². The van der Waals surface area contributed by atoms with Gasteiger partial charge in [0.2, 0.25) is 10.0 Å². The van der Waals surface area contributed by atoms with Crippen molar-refractivity contribution >= 4 is 16.1 Å². The Labute approximate surface area is 153 Å². The maximum atomic E-state index is 13.2. The highest BCUT2D eigenvalue weighted by Gasteiger charge is 2.45. The molecule has 2 aliphatic rings. The van der Waals surface area contributed by atoms with E-state index in [0.29, 0.717) is 32.8 Å². The van der Waals surface area contributed by atoms with Gasteiger partial charge in [-0.1, -0.05) is 13.8 Å². The summed E-state index contributed by atoms with van der Waals surface area (Å²) in [6.45, 7) is 6.33. The lowest BCUT2D eigenvalue weighted by molar-refractivity contribution is 0.0370. The highest BCUT2D eigenvalue weighted by atomic mass is 32.2. The van der Waals surface area contributed by atoms with E-state index in [1.165, 1.54) is 16.4 Å². The maximum absolute atomic E-state index is 13.2. The van der Waals surface area contributed by atoms with Crippen LogP contribution in [-0.4, -0.2) is 74.1 Å². The Morgan fingerprint density at radius 1 is 1.12 bits per heavy atom. The largest absolute Gasteiger partial charge is 0.378 e. The minimum absolute atomic E-state index is 0.0326. The first-order valence-electron chi connectivity index (χ1n) is 8.73. The number of carbonyl (C=O) groups is 1. The molecule has 9 heteroatoms. The van der Waals surface area contributed by atoms with Crippen LogP contribution >= 0.6 is 0 Å². The van der Waals surface area contributed by atoms with Crippen molar-refractivity contribution < 1.29 is 22.3 Å². The standard InChI is InChI=1S/C17H24FN3O4S/c1-13(2)16-20(17(22)19-9-11-25-12-10-19)7-8-21(16)26(23,24)15-5-3-14(18)4-6-15/h3-6,13,16H,7-12H2,1-2H3/t16-/m1/s1. The summed E-state index contributed by atoms with van der Waals surface area (Å²) in [4.78, 5) is 16.3. The highest BCUT2D eigenvalue weighted by Crippen LogP contribution is 2.29. The van der Waals surface area contributed by atoms with Crippen LogP contribution in [0.3, 0.4) is 0 Å². The van der Waals surface area contributed by atoms with Gasteiger partial charge in [-0.2, -0.15) is 4.31 Å². The Kier molecular flexibility index (Phi) is 5.50. The topological polar surface area (TPSA) is 70.2 Å². The van der Waals surface area contributed by atoms with Crippen molar-refractivity contribution in [2.75, 3.05) is 39.4 Å². The van der Waals surface area contributed by atoms with Gasteiger partial charge in [0.25, 0.3) is 0 Å². The lowest BCUT2D eigenvalue weighted by atomic mass is 10.1. The summed E-state index contributed by atoms with van der Waals surface area (Å²) >= 11 is 0. The summed E-state index contributed by atoms with van der Waals surface area (Å²) in [7, 11) is -3.82. The lowest BCUT2D eigenvalue weighted by Gasteiger charge is -2.37. The van der Waals surface area contributed by atoms with Crippen LogP contribution < -0.4 is 0 Å². The van der Waals surface area contributed by atoms with Crippen molar-refractivity contribution in [2.24, 2.45) is 5.92 Å². The summed E-state index contributed by atoms with van der Waals surface area (Å²) < 4.78 is 45.9. The fourth-order valence-electron chi connectivity index (χ4n) is 3.47. The van der Waals surface area contributed by atoms with Crippen LogP contribution in [0.1, 0.15) is 13.8 Å². The van der Waals surface area contributed by atoms with E-state index >= 15 is 0 Å². The second-order valence-electron chi connectivity index (χ2n) is 6.80. The van der Waals surface area contributed by atoms with Gasteiger partial charge in [0.15, 0.2) is 0 Å². The van der Waals surface area contributed by atoms with Crippen molar-refractivity contribution in [3.63, 3.8) is 0 Å². The number of rotatable bonds is 3. The first kappa shape index (κ1) is 19.1. The number of nitrogens with zero attached hydrogens (tertiary/aromatic N) is 3. The number of urea groups is 1. The molecule has 1 aromatic rings. The number of ether oxygens (including phenoxy) is 1. The number of sulfonamides is 1. The Morgan fingerprint density at radius 2 is 1.73 bits per heavy atom. The molecule has 0 spiro atoms. The minimum Gasteiger partial charge on any atom is -0.378 e. The first-order chi connectivity index (χ1) is 12.3. The van der Waals surface area contributed by atoms with E-state index in [0.717, 1.165) is 12.1 Å². The monoisotopic (exact) mass is 385 g/mol. The van der Waals surface area contributed by atoms with E-state index in [4.69, 9.17) is 4.74 Å². The Balaban J connectivity index is 1.86. The fourth-order valence-corrected chi connectivity index (χ4v) is 5.18. The maximum Gasteiger partial charge on any atom is 0.321 e. The zero-order valence-electron chi connectivity index (χ0n) is 15.0. The smallest absolute Gasteiger partial charge is 0.321 e. The molecule has 2 aliphatic heterocycles. The van der Waals surface area contributed by atoms with Crippen LogP contribution in [0.25, 0.3) is 0 Å². The molecule has 2 fully saturated rings. The number of benzene rings is 1. The number of halogens is 1. The third-order valence-electron chi connectivity index (χ3n) is 4.72. The quantitative estimate of drug-likeness (QED) is 0.792. The molecule has 0 saturated carbocycles. The van der Waals surface area contributed by atoms with E-state index in [9.17, 15) is 17.6 Å². The average Bonchev–Trinajstić information content (AvgIpc) is 3.08. The molecule has 144 valence electrons. The predicted molar refractivity (Wildman–Crippen MR) is 93.4 cm³/mol. The number of hydrogen-bond donors (Lipinski definition) is 0. The van der Waals surface area contributed by atoms with Crippen LogP contribution in [0.4, 0.5) is 9.18 Å². The van der Waals surface area contributed by atoms with Gasteiger partial charge >= 0.3 is 6.03 Å². The van der Waals surface area contributed by atoms with Crippen LogP contribution in [0.5, 0.6) is 0 Å². The zero-order chi connectivity index (χ0) is 18.9. The third-order valence-corrected chi connectivity index (χ3v) is 6.60. The van der Waals surface area contributed by atoms with Crippen molar-refractivity contribution in [2.45, 2.75) is 24.9 Å². The van der Waals surface area contributed by atoms with Gasteiger partial charge in [-0.05, 0) is 30.2 Å². The van der Waals surface area contributed by atoms with E-state index in [-0.39, 0.29) is 23.4 Å². The second-order valence-corrected chi connectivity index (χ2v) is 8.69. The molecule has 1 aromatic carbocycles. The molecule has 2 amide bonds. The normalized spacial score (nSPS) is 22.2. The van der Waals surface area contributed by atoms with Gasteiger partial charge < -0.3 is 14.5 Å². The Hall–Kier alpha value is -1.71. The summed E-state index contributed by atoms with van der Waals surface area (Å²) in [5.41, 5.74) is 0. The number of carbonyl (C=O) groups excluding carboxylic acids is 1. The van der Waals surface area contributed by atoms with Gasteiger partial charge in [0, 0.05) is 26.2 Å². The molecular formula is C17H24FN3O4S. The van der Waals surface area contributed by atoms with Crippen molar-refractivity contribution in [1.82, 2.24) is 14.1 Å². The molecule has 1 atom stereocenters. The predicted octanol–water partition coefficient (Wildman–Crippen LogP) is 1.57. The molecule has 2 saturated heterocycles.